The van der Waals surface area contributed by atoms with Crippen LogP contribution in [0.25, 0.3) is 6.08 Å². The first-order valence-corrected chi connectivity index (χ1v) is 8.77. The van der Waals surface area contributed by atoms with E-state index >= 15 is 0 Å². The van der Waals surface area contributed by atoms with Crippen LogP contribution >= 0.6 is 0 Å². The van der Waals surface area contributed by atoms with E-state index in [2.05, 4.69) is 47.7 Å². The van der Waals surface area contributed by atoms with E-state index in [9.17, 15) is 4.79 Å². The number of nitrogens with zero attached hydrogens (tertiary/aromatic N) is 3. The molecule has 0 atom stereocenters. The van der Waals surface area contributed by atoms with Gasteiger partial charge in [-0.15, -0.1) is 0 Å². The van der Waals surface area contributed by atoms with Crippen molar-refractivity contribution in [1.29, 1.82) is 5.26 Å². The van der Waals surface area contributed by atoms with Gasteiger partial charge in [-0.3, -0.25) is 4.79 Å². The van der Waals surface area contributed by atoms with Gasteiger partial charge < -0.3 is 5.32 Å². The zero-order valence-electron chi connectivity index (χ0n) is 15.1. The zero-order valence-corrected chi connectivity index (χ0v) is 15.1. The summed E-state index contributed by atoms with van der Waals surface area (Å²) in [6.45, 7) is 2.72. The molecule has 0 unspecified atom stereocenters. The number of hydrogen-bond acceptors (Lipinski definition) is 3. The number of aryl methyl sites for hydroxylation is 1. The Balaban J connectivity index is 1.63. The highest BCUT2D eigenvalue weighted by atomic mass is 16.1. The van der Waals surface area contributed by atoms with Gasteiger partial charge in [-0.2, -0.15) is 10.4 Å². The van der Waals surface area contributed by atoms with Crippen LogP contribution in [-0.4, -0.2) is 15.7 Å². The summed E-state index contributed by atoms with van der Waals surface area (Å²) in [7, 11) is 0. The van der Waals surface area contributed by atoms with Crippen LogP contribution in [0, 0.1) is 11.3 Å². The Kier molecular flexibility index (Phi) is 5.80. The van der Waals surface area contributed by atoms with Crippen LogP contribution in [0.4, 0.5) is 5.82 Å². The average Bonchev–Trinajstić information content (AvgIpc) is 3.14. The highest BCUT2D eigenvalue weighted by Crippen LogP contribution is 2.12. The number of carbonyl (C=O) groups is 1. The predicted molar refractivity (Wildman–Crippen MR) is 106 cm³/mol. The maximum absolute atomic E-state index is 12.2. The minimum atomic E-state index is -0.234. The van der Waals surface area contributed by atoms with Gasteiger partial charge >= 0.3 is 0 Å². The number of anilines is 1. The van der Waals surface area contributed by atoms with Gasteiger partial charge in [-0.1, -0.05) is 43.3 Å². The summed E-state index contributed by atoms with van der Waals surface area (Å²) in [6, 6.07) is 19.3. The minimum absolute atomic E-state index is 0.234. The van der Waals surface area contributed by atoms with Gasteiger partial charge in [0.05, 0.1) is 24.4 Å². The standard InChI is InChI=1S/C22H20N4O/c1-2-17-3-9-20(10-4-17)16-26-21(13-14-24-26)25-22(27)12-11-18-5-7-19(15-23)8-6-18/h3-14H,2,16H2,1H3,(H,25,27). The minimum Gasteiger partial charge on any atom is -0.307 e. The van der Waals surface area contributed by atoms with Crippen molar-refractivity contribution in [3.63, 3.8) is 0 Å². The molecule has 0 bridgehead atoms. The fraction of sp³-hybridized carbons (Fsp3) is 0.136. The van der Waals surface area contributed by atoms with Crippen molar-refractivity contribution in [1.82, 2.24) is 9.78 Å². The lowest BCUT2D eigenvalue weighted by atomic mass is 10.1. The number of nitrogens with one attached hydrogen (secondary N) is 1. The Hall–Kier alpha value is -3.65. The SMILES string of the molecule is CCc1ccc(Cn2nccc2NC(=O)C=Cc2ccc(C#N)cc2)cc1. The molecule has 1 heterocycles. The molecule has 0 aliphatic heterocycles. The van der Waals surface area contributed by atoms with E-state index in [1.165, 1.54) is 11.6 Å². The summed E-state index contributed by atoms with van der Waals surface area (Å²) in [5.74, 6) is 0.409. The van der Waals surface area contributed by atoms with Crippen LogP contribution in [0.5, 0.6) is 0 Å². The van der Waals surface area contributed by atoms with Gasteiger partial charge in [0.1, 0.15) is 5.82 Å². The van der Waals surface area contributed by atoms with Gasteiger partial charge in [0.25, 0.3) is 0 Å². The van der Waals surface area contributed by atoms with Gasteiger partial charge in [0, 0.05) is 12.1 Å². The predicted octanol–water partition coefficient (Wildman–Crippen LogP) is 4.02. The quantitative estimate of drug-likeness (QED) is 0.678. The van der Waals surface area contributed by atoms with Crippen LogP contribution in [0.2, 0.25) is 0 Å². The van der Waals surface area contributed by atoms with Crippen molar-refractivity contribution in [3.05, 3.63) is 89.1 Å². The molecule has 27 heavy (non-hydrogen) atoms. The number of nitriles is 1. The topological polar surface area (TPSA) is 70.7 Å². The van der Waals surface area contributed by atoms with Crippen LogP contribution in [0.15, 0.2) is 66.9 Å². The summed E-state index contributed by atoms with van der Waals surface area (Å²) in [4.78, 5) is 12.2. The van der Waals surface area contributed by atoms with E-state index in [4.69, 9.17) is 5.26 Å². The Morgan fingerprint density at radius 2 is 1.81 bits per heavy atom. The molecule has 2 aromatic carbocycles. The molecule has 3 aromatic rings. The highest BCUT2D eigenvalue weighted by Gasteiger charge is 2.06. The molecule has 1 aromatic heterocycles. The van der Waals surface area contributed by atoms with Crippen molar-refractivity contribution in [2.24, 2.45) is 0 Å². The van der Waals surface area contributed by atoms with E-state index in [1.807, 2.05) is 0 Å². The molecule has 1 N–H and O–H groups in total. The summed E-state index contributed by atoms with van der Waals surface area (Å²) in [5.41, 5.74) is 3.86. The third-order valence-electron chi connectivity index (χ3n) is 4.20. The fourth-order valence-corrected chi connectivity index (χ4v) is 2.63. The molecule has 5 heteroatoms. The second-order valence-electron chi connectivity index (χ2n) is 6.10. The van der Waals surface area contributed by atoms with E-state index in [0.29, 0.717) is 17.9 Å². The maximum atomic E-state index is 12.2. The molecule has 0 aliphatic carbocycles. The van der Waals surface area contributed by atoms with Crippen LogP contribution in [0.1, 0.15) is 29.2 Å². The summed E-state index contributed by atoms with van der Waals surface area (Å²) >= 11 is 0. The van der Waals surface area contributed by atoms with Gasteiger partial charge in [0.2, 0.25) is 5.91 Å². The molecule has 5 nitrogen and oxygen atoms in total. The first kappa shape index (κ1) is 18.2. The van der Waals surface area contributed by atoms with Crippen molar-refractivity contribution in [2.45, 2.75) is 19.9 Å². The lowest BCUT2D eigenvalue weighted by molar-refractivity contribution is -0.111. The van der Waals surface area contributed by atoms with Crippen LogP contribution < -0.4 is 5.32 Å². The average molecular weight is 356 g/mol. The van der Waals surface area contributed by atoms with E-state index in [1.54, 1.807) is 47.3 Å². The normalized spacial score (nSPS) is 10.7. The van der Waals surface area contributed by atoms with Crippen molar-refractivity contribution >= 4 is 17.8 Å². The Morgan fingerprint density at radius 1 is 1.11 bits per heavy atom. The number of benzene rings is 2. The van der Waals surface area contributed by atoms with Crippen LogP contribution in [0.3, 0.4) is 0 Å². The van der Waals surface area contributed by atoms with E-state index in [0.717, 1.165) is 17.5 Å². The first-order chi connectivity index (χ1) is 13.2. The Labute approximate surface area is 158 Å². The molecule has 0 fully saturated rings. The molecular weight excluding hydrogens is 336 g/mol. The molecule has 3 rings (SSSR count). The van der Waals surface area contributed by atoms with Gasteiger partial charge in [-0.25, -0.2) is 4.68 Å². The van der Waals surface area contributed by atoms with Gasteiger partial charge in [-0.05, 0) is 41.3 Å². The van der Waals surface area contributed by atoms with Crippen LogP contribution in [-0.2, 0) is 17.8 Å². The number of rotatable bonds is 6. The highest BCUT2D eigenvalue weighted by molar-refractivity contribution is 6.01. The lowest BCUT2D eigenvalue weighted by Crippen LogP contribution is -2.13. The third-order valence-corrected chi connectivity index (χ3v) is 4.20. The van der Waals surface area contributed by atoms with E-state index in [-0.39, 0.29) is 5.91 Å². The molecule has 0 spiro atoms. The van der Waals surface area contributed by atoms with E-state index < -0.39 is 0 Å². The fourth-order valence-electron chi connectivity index (χ4n) is 2.63. The summed E-state index contributed by atoms with van der Waals surface area (Å²) in [5, 5.41) is 15.9. The van der Waals surface area contributed by atoms with Crippen molar-refractivity contribution in [3.8, 4) is 6.07 Å². The third kappa shape index (κ3) is 4.93. The molecule has 0 aliphatic rings. The largest absolute Gasteiger partial charge is 0.307 e. The Morgan fingerprint density at radius 3 is 2.48 bits per heavy atom. The second kappa shape index (κ2) is 8.63. The van der Waals surface area contributed by atoms with Gasteiger partial charge in [0.15, 0.2) is 0 Å². The molecular formula is C22H20N4O. The lowest BCUT2D eigenvalue weighted by Gasteiger charge is -2.08. The number of hydrogen-bond donors (Lipinski definition) is 1. The molecule has 0 saturated heterocycles. The number of aromatic nitrogens is 2. The maximum Gasteiger partial charge on any atom is 0.249 e. The number of amides is 1. The van der Waals surface area contributed by atoms with Crippen molar-refractivity contribution < 1.29 is 4.79 Å². The smallest absolute Gasteiger partial charge is 0.249 e. The molecule has 1 amide bonds. The zero-order chi connectivity index (χ0) is 19.1. The monoisotopic (exact) mass is 356 g/mol. The van der Waals surface area contributed by atoms with Crippen molar-refractivity contribution in [2.75, 3.05) is 5.32 Å². The number of carbonyl (C=O) groups excluding carboxylic acids is 1. The summed E-state index contributed by atoms with van der Waals surface area (Å²) in [6.07, 6.45) is 5.85. The second-order valence-corrected chi connectivity index (χ2v) is 6.10. The molecule has 134 valence electrons. The molecule has 0 saturated carbocycles. The molecule has 0 radical (unpaired) electrons. The first-order valence-electron chi connectivity index (χ1n) is 8.77. The summed E-state index contributed by atoms with van der Waals surface area (Å²) < 4.78 is 1.76. The Bertz CT molecular complexity index is 976.